The average Bonchev–Trinajstić information content (AvgIpc) is 3.44. The molecule has 0 fully saturated rings. The molecular weight excluding hydrogens is 464 g/mol. The number of aromatic amines is 1. The molecule has 186 valence electrons. The lowest BCUT2D eigenvalue weighted by Gasteiger charge is -2.37. The standard InChI is InChI=1S/C30H28N4O3/c1-18(28(35)31-16-15-19-9-3-2-4-10-19)32-29(36)25-17-23-20-11-7-8-14-24(20)33-26(23)27-21-12-5-6-13-22(21)30(37)34(25)27/h2-14,18,25,27,33H,15-17H2,1H3,(H,31,35)(H,32,36)/t18-,25-,27-/m0/s1. The fourth-order valence-electron chi connectivity index (χ4n) is 5.64. The van der Waals surface area contributed by atoms with E-state index in [0.717, 1.165) is 33.3 Å². The Morgan fingerprint density at radius 3 is 2.57 bits per heavy atom. The number of rotatable bonds is 6. The van der Waals surface area contributed by atoms with E-state index in [2.05, 4.69) is 15.6 Å². The van der Waals surface area contributed by atoms with Crippen LogP contribution in [0, 0.1) is 0 Å². The van der Waals surface area contributed by atoms with Crippen molar-refractivity contribution in [3.8, 4) is 0 Å². The Balaban J connectivity index is 1.24. The van der Waals surface area contributed by atoms with Gasteiger partial charge in [-0.2, -0.15) is 0 Å². The highest BCUT2D eigenvalue weighted by Gasteiger charge is 2.49. The normalized spacial score (nSPS) is 18.6. The number of carbonyl (C=O) groups is 3. The molecule has 0 spiro atoms. The zero-order chi connectivity index (χ0) is 25.5. The van der Waals surface area contributed by atoms with E-state index in [-0.39, 0.29) is 23.8 Å². The van der Waals surface area contributed by atoms with Crippen molar-refractivity contribution in [1.82, 2.24) is 20.5 Å². The van der Waals surface area contributed by atoms with E-state index in [1.807, 2.05) is 78.9 Å². The van der Waals surface area contributed by atoms with Crippen LogP contribution in [-0.2, 0) is 22.4 Å². The minimum atomic E-state index is -0.730. The van der Waals surface area contributed by atoms with Gasteiger partial charge >= 0.3 is 0 Å². The molecule has 3 heterocycles. The van der Waals surface area contributed by atoms with Gasteiger partial charge in [0.2, 0.25) is 11.8 Å². The van der Waals surface area contributed by atoms with E-state index in [0.29, 0.717) is 24.9 Å². The van der Waals surface area contributed by atoms with Crippen LogP contribution in [0.3, 0.4) is 0 Å². The number of hydrogen-bond acceptors (Lipinski definition) is 3. The molecule has 6 rings (SSSR count). The van der Waals surface area contributed by atoms with Crippen molar-refractivity contribution in [3.05, 3.63) is 107 Å². The highest BCUT2D eigenvalue weighted by Crippen LogP contribution is 2.46. The number of H-pyrrole nitrogens is 1. The Bertz CT molecular complexity index is 1510. The fourth-order valence-corrected chi connectivity index (χ4v) is 5.64. The van der Waals surface area contributed by atoms with Crippen LogP contribution in [0.25, 0.3) is 10.9 Å². The minimum absolute atomic E-state index is 0.162. The number of carbonyl (C=O) groups excluding carboxylic acids is 3. The van der Waals surface area contributed by atoms with E-state index < -0.39 is 12.1 Å². The van der Waals surface area contributed by atoms with E-state index in [4.69, 9.17) is 0 Å². The molecule has 7 heteroatoms. The predicted octanol–water partition coefficient (Wildman–Crippen LogP) is 3.50. The lowest BCUT2D eigenvalue weighted by Crippen LogP contribution is -2.56. The van der Waals surface area contributed by atoms with Crippen molar-refractivity contribution in [2.45, 2.75) is 37.9 Å². The van der Waals surface area contributed by atoms with Crippen LogP contribution in [0.2, 0.25) is 0 Å². The van der Waals surface area contributed by atoms with Crippen LogP contribution in [0.15, 0.2) is 78.9 Å². The molecule has 37 heavy (non-hydrogen) atoms. The molecule has 3 amide bonds. The maximum atomic E-state index is 13.6. The first-order valence-corrected chi connectivity index (χ1v) is 12.7. The fraction of sp³-hybridized carbons (Fsp3) is 0.233. The molecule has 4 aromatic rings. The molecule has 3 N–H and O–H groups in total. The van der Waals surface area contributed by atoms with Crippen molar-refractivity contribution in [1.29, 1.82) is 0 Å². The van der Waals surface area contributed by atoms with E-state index in [9.17, 15) is 14.4 Å². The third-order valence-corrected chi connectivity index (χ3v) is 7.46. The molecule has 0 unspecified atom stereocenters. The Morgan fingerprint density at radius 1 is 1.00 bits per heavy atom. The molecule has 0 bridgehead atoms. The van der Waals surface area contributed by atoms with Crippen molar-refractivity contribution >= 4 is 28.6 Å². The largest absolute Gasteiger partial charge is 0.356 e. The first-order chi connectivity index (χ1) is 18.0. The van der Waals surface area contributed by atoms with Crippen LogP contribution >= 0.6 is 0 Å². The van der Waals surface area contributed by atoms with Gasteiger partial charge in [-0.15, -0.1) is 0 Å². The Morgan fingerprint density at radius 2 is 1.73 bits per heavy atom. The summed E-state index contributed by atoms with van der Waals surface area (Å²) in [7, 11) is 0. The van der Waals surface area contributed by atoms with Gasteiger partial charge < -0.3 is 20.5 Å². The van der Waals surface area contributed by atoms with E-state index in [1.54, 1.807) is 11.8 Å². The van der Waals surface area contributed by atoms with Gasteiger partial charge in [-0.3, -0.25) is 14.4 Å². The van der Waals surface area contributed by atoms with Crippen LogP contribution in [0.5, 0.6) is 0 Å². The van der Waals surface area contributed by atoms with Crippen molar-refractivity contribution in [2.75, 3.05) is 6.54 Å². The number of nitrogens with one attached hydrogen (secondary N) is 3. The van der Waals surface area contributed by atoms with E-state index >= 15 is 0 Å². The molecule has 7 nitrogen and oxygen atoms in total. The van der Waals surface area contributed by atoms with Gasteiger partial charge in [-0.25, -0.2) is 0 Å². The lowest BCUT2D eigenvalue weighted by molar-refractivity contribution is -0.131. The Labute approximate surface area is 214 Å². The summed E-state index contributed by atoms with van der Waals surface area (Å²) >= 11 is 0. The van der Waals surface area contributed by atoms with Gasteiger partial charge in [0, 0.05) is 35.1 Å². The Hall–Kier alpha value is -4.39. The summed E-state index contributed by atoms with van der Waals surface area (Å²) in [6, 6.07) is 23.6. The number of para-hydroxylation sites is 1. The summed E-state index contributed by atoms with van der Waals surface area (Å²) in [6.07, 6.45) is 1.09. The van der Waals surface area contributed by atoms with Gasteiger partial charge in [0.25, 0.3) is 5.91 Å². The molecule has 0 aliphatic carbocycles. The molecule has 0 saturated carbocycles. The monoisotopic (exact) mass is 492 g/mol. The van der Waals surface area contributed by atoms with Crippen LogP contribution in [0.1, 0.15) is 45.7 Å². The molecule has 1 aromatic heterocycles. The van der Waals surface area contributed by atoms with Gasteiger partial charge in [0.05, 0.1) is 6.04 Å². The number of benzene rings is 3. The molecule has 0 saturated heterocycles. The van der Waals surface area contributed by atoms with Gasteiger partial charge in [0.1, 0.15) is 12.1 Å². The number of nitrogens with zero attached hydrogens (tertiary/aromatic N) is 1. The number of hydrogen-bond donors (Lipinski definition) is 3. The van der Waals surface area contributed by atoms with E-state index in [1.165, 1.54) is 0 Å². The Kier molecular flexibility index (Phi) is 5.75. The van der Waals surface area contributed by atoms with Crippen molar-refractivity contribution in [2.24, 2.45) is 0 Å². The summed E-state index contributed by atoms with van der Waals surface area (Å²) in [5.41, 5.74) is 5.62. The van der Waals surface area contributed by atoms with Crippen LogP contribution < -0.4 is 10.6 Å². The van der Waals surface area contributed by atoms with Crippen molar-refractivity contribution < 1.29 is 14.4 Å². The summed E-state index contributed by atoms with van der Waals surface area (Å²) in [6.45, 7) is 2.15. The van der Waals surface area contributed by atoms with Crippen LogP contribution in [-0.4, -0.2) is 46.2 Å². The highest BCUT2D eigenvalue weighted by molar-refractivity contribution is 6.04. The molecule has 2 aliphatic heterocycles. The minimum Gasteiger partial charge on any atom is -0.356 e. The van der Waals surface area contributed by atoms with Gasteiger partial charge in [-0.05, 0) is 42.2 Å². The first-order valence-electron chi connectivity index (χ1n) is 12.7. The maximum Gasteiger partial charge on any atom is 0.255 e. The molecule has 0 radical (unpaired) electrons. The van der Waals surface area contributed by atoms with Gasteiger partial charge in [0.15, 0.2) is 0 Å². The second-order valence-electron chi connectivity index (χ2n) is 9.74. The number of fused-ring (bicyclic) bond motifs is 7. The molecule has 3 atom stereocenters. The zero-order valence-corrected chi connectivity index (χ0v) is 20.5. The molecule has 2 aliphatic rings. The lowest BCUT2D eigenvalue weighted by atomic mass is 9.90. The zero-order valence-electron chi connectivity index (χ0n) is 20.5. The summed E-state index contributed by atoms with van der Waals surface area (Å²) in [5, 5.41) is 6.83. The van der Waals surface area contributed by atoms with Gasteiger partial charge in [-0.1, -0.05) is 66.7 Å². The molecular formula is C30H28N4O3. The summed E-state index contributed by atoms with van der Waals surface area (Å²) < 4.78 is 0. The summed E-state index contributed by atoms with van der Waals surface area (Å²) in [4.78, 5) is 45.1. The summed E-state index contributed by atoms with van der Waals surface area (Å²) in [5.74, 6) is -0.738. The predicted molar refractivity (Wildman–Crippen MR) is 141 cm³/mol. The number of amides is 3. The second kappa shape index (κ2) is 9.24. The smallest absolute Gasteiger partial charge is 0.255 e. The average molecular weight is 493 g/mol. The van der Waals surface area contributed by atoms with Crippen LogP contribution in [0.4, 0.5) is 0 Å². The topological polar surface area (TPSA) is 94.3 Å². The highest BCUT2D eigenvalue weighted by atomic mass is 16.2. The third-order valence-electron chi connectivity index (χ3n) is 7.46. The molecule has 3 aromatic carbocycles. The third kappa shape index (κ3) is 3.96. The number of aromatic nitrogens is 1. The SMILES string of the molecule is C[C@H](NC(=O)[C@@H]1Cc2c([nH]c3ccccc23)[C@@H]2c3ccccc3C(=O)N21)C(=O)NCCc1ccccc1. The maximum absolute atomic E-state index is 13.6. The van der Waals surface area contributed by atoms with Crippen molar-refractivity contribution in [3.63, 3.8) is 0 Å². The second-order valence-corrected chi connectivity index (χ2v) is 9.74. The first kappa shape index (κ1) is 23.0. The quantitative estimate of drug-likeness (QED) is 0.385.